The zero-order valence-corrected chi connectivity index (χ0v) is 21.5. The molecule has 4 atom stereocenters. The molecule has 0 aromatic heterocycles. The highest BCUT2D eigenvalue weighted by Gasteiger charge is 2.91. The third-order valence-electron chi connectivity index (χ3n) is 3.85. The van der Waals surface area contributed by atoms with E-state index < -0.39 is 17.3 Å². The van der Waals surface area contributed by atoms with Gasteiger partial charge in [-0.25, -0.2) is 0 Å². The molecule has 1 fully saturated rings. The molecule has 10 heteroatoms. The summed E-state index contributed by atoms with van der Waals surface area (Å²) in [6.45, 7) is 0. The van der Waals surface area contributed by atoms with Crippen LogP contribution in [0.5, 0.6) is 0 Å². The fraction of sp³-hybridized carbons (Fsp3) is 0.400. The minimum Gasteiger partial charge on any atom is -0.296 e. The lowest BCUT2D eigenvalue weighted by Crippen LogP contribution is -2.60. The molecular weight excluding hydrogens is 791 g/mol. The van der Waals surface area contributed by atoms with E-state index in [1.807, 2.05) is 0 Å². The monoisotopic (exact) mass is 783 g/mol. The Bertz CT molecular complexity index is 683. The molecule has 108 valence electrons. The van der Waals surface area contributed by atoms with Crippen molar-refractivity contribution in [1.29, 1.82) is 0 Å². The molecule has 0 aliphatic heterocycles. The summed E-state index contributed by atoms with van der Waals surface area (Å²) >= 11 is 27.9. The first-order valence-corrected chi connectivity index (χ1v) is 11.3. The summed E-state index contributed by atoms with van der Waals surface area (Å²) in [5.74, 6) is -0.382. The predicted octanol–water partition coefficient (Wildman–Crippen LogP) is 5.70. The van der Waals surface area contributed by atoms with Gasteiger partial charge in [0.15, 0.2) is 11.6 Å². The molecule has 2 bridgehead atoms. The van der Waals surface area contributed by atoms with E-state index in [-0.39, 0.29) is 11.6 Å². The molecule has 0 saturated heterocycles. The Morgan fingerprint density at radius 1 is 0.650 bits per heavy atom. The molecule has 0 heterocycles. The van der Waals surface area contributed by atoms with Gasteiger partial charge in [0.2, 0.25) is 0 Å². The minimum absolute atomic E-state index is 0.164. The molecule has 0 radical (unpaired) electrons. The molecule has 3 aliphatic carbocycles. The molecule has 0 N–H and O–H groups in total. The highest BCUT2D eigenvalue weighted by Crippen LogP contribution is 2.80. The molecule has 2 nitrogen and oxygen atoms in total. The maximum atomic E-state index is 13.0. The van der Waals surface area contributed by atoms with Crippen LogP contribution >= 0.6 is 127 Å². The van der Waals surface area contributed by atoms with Crippen molar-refractivity contribution in [3.8, 4) is 0 Å². The van der Waals surface area contributed by atoms with Crippen molar-refractivity contribution in [3.05, 3.63) is 17.9 Å². The first-order chi connectivity index (χ1) is 8.95. The Morgan fingerprint density at radius 3 is 1.50 bits per heavy atom. The Hall–Kier alpha value is 2.66. The quantitative estimate of drug-likeness (QED) is 0.296. The van der Waals surface area contributed by atoms with Gasteiger partial charge in [0.1, 0.15) is 17.3 Å². The standard InChI is InChI=1S/C10Br8O2/c11-1-2(12)9(17)7(15)3(13)4(14)8(16,6(7)20)10(9,18)5(1)19/t7-,8+,9-,10+/m1/s1. The molecule has 3 rings (SSSR count). The van der Waals surface area contributed by atoms with Crippen molar-refractivity contribution in [3.63, 3.8) is 0 Å². The summed E-state index contributed by atoms with van der Waals surface area (Å²) in [6, 6.07) is 0. The molecular formula is C10Br8O2. The molecule has 0 spiro atoms. The number of halogens is 8. The largest absolute Gasteiger partial charge is 0.296 e. The van der Waals surface area contributed by atoms with Crippen LogP contribution in [-0.2, 0) is 9.59 Å². The number of alkyl halides is 4. The Kier molecular flexibility index (Phi) is 4.05. The summed E-state index contributed by atoms with van der Waals surface area (Å²) in [7, 11) is 0. The van der Waals surface area contributed by atoms with Crippen LogP contribution in [-0.4, -0.2) is 28.9 Å². The van der Waals surface area contributed by atoms with E-state index in [4.69, 9.17) is 0 Å². The van der Waals surface area contributed by atoms with Gasteiger partial charge in [0.25, 0.3) is 0 Å². The second-order valence-corrected chi connectivity index (χ2v) is 12.5. The van der Waals surface area contributed by atoms with E-state index in [2.05, 4.69) is 127 Å². The maximum Gasteiger partial charge on any atom is 0.191 e. The van der Waals surface area contributed by atoms with E-state index in [0.717, 1.165) is 0 Å². The van der Waals surface area contributed by atoms with Gasteiger partial charge in [-0.2, -0.15) is 0 Å². The van der Waals surface area contributed by atoms with Crippen molar-refractivity contribution in [1.82, 2.24) is 0 Å². The summed E-state index contributed by atoms with van der Waals surface area (Å²) in [5, 5.41) is 0. The summed E-state index contributed by atoms with van der Waals surface area (Å²) in [6.07, 6.45) is 0. The van der Waals surface area contributed by atoms with Gasteiger partial charge in [-0.15, -0.1) is 0 Å². The van der Waals surface area contributed by atoms with Crippen molar-refractivity contribution in [2.45, 2.75) is 17.3 Å². The van der Waals surface area contributed by atoms with E-state index >= 15 is 0 Å². The van der Waals surface area contributed by atoms with Gasteiger partial charge in [-0.3, -0.25) is 9.59 Å². The zero-order valence-electron chi connectivity index (χ0n) is 8.84. The topological polar surface area (TPSA) is 34.1 Å². The molecule has 0 aromatic rings. The minimum atomic E-state index is -1.21. The average Bonchev–Trinajstić information content (AvgIpc) is 2.70. The highest BCUT2D eigenvalue weighted by atomic mass is 79.9. The SMILES string of the molecule is O=C1[C@]2(Br)C(Br)=C(Br)[C@@]1(Br)[C@@]1(Br)C(=O)C(Br)=C(Br)[C@@]21Br. The number of fused-ring (bicyclic) bond motifs is 5. The number of ketones is 2. The maximum absolute atomic E-state index is 13.0. The Labute approximate surface area is 181 Å². The fourth-order valence-corrected chi connectivity index (χ4v) is 12.8. The number of hydrogen-bond acceptors (Lipinski definition) is 2. The highest BCUT2D eigenvalue weighted by molar-refractivity contribution is 9.19. The van der Waals surface area contributed by atoms with E-state index in [1.54, 1.807) is 0 Å². The van der Waals surface area contributed by atoms with Crippen LogP contribution < -0.4 is 0 Å². The first-order valence-electron chi connectivity index (χ1n) is 4.92. The Balaban J connectivity index is 2.53. The number of carbonyl (C=O) groups is 2. The van der Waals surface area contributed by atoms with Crippen LogP contribution in [0.3, 0.4) is 0 Å². The molecule has 20 heavy (non-hydrogen) atoms. The van der Waals surface area contributed by atoms with Crippen LogP contribution in [0.1, 0.15) is 0 Å². The number of Topliss-reactive ketones (excluding diaryl/α,β-unsaturated/α-hetero) is 2. The molecule has 3 aliphatic rings. The van der Waals surface area contributed by atoms with Crippen LogP contribution in [0.15, 0.2) is 17.9 Å². The third-order valence-corrected chi connectivity index (χ3v) is 17.7. The number of carbonyl (C=O) groups excluding carboxylic acids is 2. The smallest absolute Gasteiger partial charge is 0.191 e. The van der Waals surface area contributed by atoms with Crippen LogP contribution in [0, 0.1) is 0 Å². The molecule has 1 saturated carbocycles. The van der Waals surface area contributed by atoms with Gasteiger partial charge in [0.05, 0.1) is 4.48 Å². The van der Waals surface area contributed by atoms with Crippen LogP contribution in [0.2, 0.25) is 0 Å². The normalized spacial score (nSPS) is 50.6. The number of hydrogen-bond donors (Lipinski definition) is 0. The molecule has 0 aromatic carbocycles. The molecule has 0 amide bonds. The van der Waals surface area contributed by atoms with Gasteiger partial charge in [-0.05, 0) is 15.9 Å². The van der Waals surface area contributed by atoms with E-state index in [1.165, 1.54) is 0 Å². The third kappa shape index (κ3) is 1.32. The second-order valence-electron chi connectivity index (χ2n) is 4.55. The zero-order chi connectivity index (χ0) is 15.5. The first kappa shape index (κ1) is 17.5. The van der Waals surface area contributed by atoms with Crippen molar-refractivity contribution in [2.24, 2.45) is 0 Å². The number of rotatable bonds is 0. The predicted molar refractivity (Wildman–Crippen MR) is 106 cm³/mol. The van der Waals surface area contributed by atoms with Gasteiger partial charge < -0.3 is 0 Å². The Morgan fingerprint density at radius 2 is 1.05 bits per heavy atom. The summed E-state index contributed by atoms with van der Waals surface area (Å²) in [4.78, 5) is 25.8. The van der Waals surface area contributed by atoms with Crippen LogP contribution in [0.25, 0.3) is 0 Å². The van der Waals surface area contributed by atoms with Gasteiger partial charge >= 0.3 is 0 Å². The van der Waals surface area contributed by atoms with Crippen molar-refractivity contribution in [2.75, 3.05) is 0 Å². The van der Waals surface area contributed by atoms with E-state index in [9.17, 15) is 9.59 Å². The second kappa shape index (κ2) is 4.64. The molecule has 0 unspecified atom stereocenters. The summed E-state index contributed by atoms with van der Waals surface area (Å²) in [5.41, 5.74) is 0. The number of allylic oxidation sites excluding steroid dienone is 4. The lowest BCUT2D eigenvalue weighted by molar-refractivity contribution is -0.121. The van der Waals surface area contributed by atoms with Gasteiger partial charge in [0, 0.05) is 13.4 Å². The van der Waals surface area contributed by atoms with Crippen LogP contribution in [0.4, 0.5) is 0 Å². The summed E-state index contributed by atoms with van der Waals surface area (Å²) < 4.78 is -2.32. The lowest BCUT2D eigenvalue weighted by atomic mass is 9.84. The fourth-order valence-electron chi connectivity index (χ4n) is 2.85. The van der Waals surface area contributed by atoms with Crippen molar-refractivity contribution >= 4 is 139 Å². The average molecular weight is 791 g/mol. The van der Waals surface area contributed by atoms with Gasteiger partial charge in [-0.1, -0.05) is 112 Å². The van der Waals surface area contributed by atoms with Crippen molar-refractivity contribution < 1.29 is 9.59 Å². The van der Waals surface area contributed by atoms with E-state index in [0.29, 0.717) is 17.9 Å². The lowest BCUT2D eigenvalue weighted by Gasteiger charge is -2.45.